The second-order valence-corrected chi connectivity index (χ2v) is 3.18. The van der Waals surface area contributed by atoms with Gasteiger partial charge in [0.05, 0.1) is 0 Å². The summed E-state index contributed by atoms with van der Waals surface area (Å²) in [7, 11) is 0. The van der Waals surface area contributed by atoms with Crippen molar-refractivity contribution < 1.29 is 0 Å². The highest BCUT2D eigenvalue weighted by Gasteiger charge is 2.23. The highest BCUT2D eigenvalue weighted by atomic mass is 14.6. The molecule has 1 aliphatic carbocycles. The molecule has 0 spiro atoms. The first-order chi connectivity index (χ1) is 4.83. The third-order valence-electron chi connectivity index (χ3n) is 1.99. The number of hydrogen-bond donors (Lipinski definition) is 1. The predicted molar refractivity (Wildman–Crippen MR) is 43.4 cm³/mol. The van der Waals surface area contributed by atoms with Crippen LogP contribution < -0.4 is 5.73 Å². The Morgan fingerprint density at radius 1 is 1.60 bits per heavy atom. The Morgan fingerprint density at radius 2 is 2.30 bits per heavy atom. The van der Waals surface area contributed by atoms with E-state index in [0.29, 0.717) is 6.04 Å². The molecule has 2 N–H and O–H groups in total. The first-order valence-electron chi connectivity index (χ1n) is 4.02. The van der Waals surface area contributed by atoms with E-state index in [-0.39, 0.29) is 0 Å². The molecule has 0 aliphatic heterocycles. The monoisotopic (exact) mass is 137 g/mol. The second kappa shape index (κ2) is 3.63. The van der Waals surface area contributed by atoms with Crippen molar-refractivity contribution in [3.8, 4) is 12.3 Å². The molecule has 1 fully saturated rings. The summed E-state index contributed by atoms with van der Waals surface area (Å²) in [5.41, 5.74) is 5.81. The van der Waals surface area contributed by atoms with Crippen molar-refractivity contribution in [1.82, 2.24) is 0 Å². The maximum Gasteiger partial charge on any atom is 0.0101 e. The standard InChI is InChI=1S/C9H15N/c1-2-3-4-9(10)7-8-5-6-8/h1,8-9H,3-7,10H2. The van der Waals surface area contributed by atoms with Crippen LogP contribution in [0.2, 0.25) is 0 Å². The van der Waals surface area contributed by atoms with E-state index < -0.39 is 0 Å². The van der Waals surface area contributed by atoms with Crippen molar-refractivity contribution >= 4 is 0 Å². The second-order valence-electron chi connectivity index (χ2n) is 3.18. The van der Waals surface area contributed by atoms with E-state index >= 15 is 0 Å². The summed E-state index contributed by atoms with van der Waals surface area (Å²) in [6.45, 7) is 0. The Morgan fingerprint density at radius 3 is 2.80 bits per heavy atom. The molecule has 1 unspecified atom stereocenters. The van der Waals surface area contributed by atoms with Crippen molar-refractivity contribution in [2.24, 2.45) is 11.7 Å². The van der Waals surface area contributed by atoms with Crippen LogP contribution in [0.3, 0.4) is 0 Å². The van der Waals surface area contributed by atoms with Crippen LogP contribution in [0.5, 0.6) is 0 Å². The fourth-order valence-corrected chi connectivity index (χ4v) is 1.17. The van der Waals surface area contributed by atoms with Crippen LogP contribution in [0.15, 0.2) is 0 Å². The number of rotatable bonds is 4. The van der Waals surface area contributed by atoms with Gasteiger partial charge in [-0.2, -0.15) is 0 Å². The zero-order valence-electron chi connectivity index (χ0n) is 6.34. The zero-order valence-corrected chi connectivity index (χ0v) is 6.34. The molecular weight excluding hydrogens is 122 g/mol. The molecule has 0 aromatic rings. The molecule has 0 aromatic carbocycles. The van der Waals surface area contributed by atoms with Crippen LogP contribution >= 0.6 is 0 Å². The van der Waals surface area contributed by atoms with Crippen LogP contribution in [-0.2, 0) is 0 Å². The maximum absolute atomic E-state index is 5.81. The summed E-state index contributed by atoms with van der Waals surface area (Å²) in [6.07, 6.45) is 10.9. The van der Waals surface area contributed by atoms with E-state index in [1.807, 2.05) is 0 Å². The van der Waals surface area contributed by atoms with Gasteiger partial charge in [0.2, 0.25) is 0 Å². The van der Waals surface area contributed by atoms with Gasteiger partial charge in [0.1, 0.15) is 0 Å². The minimum atomic E-state index is 0.364. The molecule has 0 bridgehead atoms. The quantitative estimate of drug-likeness (QED) is 0.584. The smallest absolute Gasteiger partial charge is 0.0101 e. The van der Waals surface area contributed by atoms with Crippen molar-refractivity contribution in [1.29, 1.82) is 0 Å². The van der Waals surface area contributed by atoms with Crippen LogP contribution in [-0.4, -0.2) is 6.04 Å². The van der Waals surface area contributed by atoms with Crippen LogP contribution in [0.1, 0.15) is 32.1 Å². The summed E-state index contributed by atoms with van der Waals surface area (Å²) in [6, 6.07) is 0.364. The molecule has 10 heavy (non-hydrogen) atoms. The first-order valence-corrected chi connectivity index (χ1v) is 4.02. The summed E-state index contributed by atoms with van der Waals surface area (Å²) >= 11 is 0. The first kappa shape index (κ1) is 7.63. The van der Waals surface area contributed by atoms with E-state index in [9.17, 15) is 0 Å². The van der Waals surface area contributed by atoms with Gasteiger partial charge in [-0.15, -0.1) is 12.3 Å². The molecule has 0 heterocycles. The Labute approximate surface area is 63.0 Å². The van der Waals surface area contributed by atoms with E-state index in [1.54, 1.807) is 0 Å². The fraction of sp³-hybridized carbons (Fsp3) is 0.778. The van der Waals surface area contributed by atoms with E-state index in [4.69, 9.17) is 12.2 Å². The maximum atomic E-state index is 5.81. The van der Waals surface area contributed by atoms with E-state index in [1.165, 1.54) is 19.3 Å². The van der Waals surface area contributed by atoms with Crippen molar-refractivity contribution in [3.63, 3.8) is 0 Å². The van der Waals surface area contributed by atoms with Crippen LogP contribution in [0, 0.1) is 18.3 Å². The normalized spacial score (nSPS) is 20.0. The molecule has 1 nitrogen and oxygen atoms in total. The molecule has 0 radical (unpaired) electrons. The summed E-state index contributed by atoms with van der Waals surface area (Å²) < 4.78 is 0. The van der Waals surface area contributed by atoms with Gasteiger partial charge in [0, 0.05) is 12.5 Å². The minimum absolute atomic E-state index is 0.364. The van der Waals surface area contributed by atoms with Gasteiger partial charge in [-0.05, 0) is 18.8 Å². The molecule has 56 valence electrons. The van der Waals surface area contributed by atoms with E-state index in [2.05, 4.69) is 5.92 Å². The third-order valence-corrected chi connectivity index (χ3v) is 1.99. The minimum Gasteiger partial charge on any atom is -0.328 e. The largest absolute Gasteiger partial charge is 0.328 e. The third kappa shape index (κ3) is 2.89. The average molecular weight is 137 g/mol. The van der Waals surface area contributed by atoms with Crippen molar-refractivity contribution in [2.75, 3.05) is 0 Å². The molecule has 1 rings (SSSR count). The highest BCUT2D eigenvalue weighted by molar-refractivity contribution is 4.86. The summed E-state index contributed by atoms with van der Waals surface area (Å²) in [4.78, 5) is 0. The van der Waals surface area contributed by atoms with Crippen LogP contribution in [0.4, 0.5) is 0 Å². The molecule has 1 saturated carbocycles. The van der Waals surface area contributed by atoms with Gasteiger partial charge in [0.15, 0.2) is 0 Å². The molecule has 1 atom stereocenters. The SMILES string of the molecule is C#CCCC(N)CC1CC1. The number of nitrogens with two attached hydrogens (primary N) is 1. The van der Waals surface area contributed by atoms with Gasteiger partial charge in [0.25, 0.3) is 0 Å². The Kier molecular flexibility index (Phi) is 2.77. The van der Waals surface area contributed by atoms with Crippen molar-refractivity contribution in [3.05, 3.63) is 0 Å². The van der Waals surface area contributed by atoms with Gasteiger partial charge in [-0.3, -0.25) is 0 Å². The molecule has 0 amide bonds. The van der Waals surface area contributed by atoms with Gasteiger partial charge >= 0.3 is 0 Å². The van der Waals surface area contributed by atoms with Gasteiger partial charge in [-0.1, -0.05) is 12.8 Å². The number of hydrogen-bond acceptors (Lipinski definition) is 1. The zero-order chi connectivity index (χ0) is 7.40. The molecule has 0 saturated heterocycles. The number of terminal acetylenes is 1. The molecule has 1 heteroatoms. The Bertz CT molecular complexity index is 130. The predicted octanol–water partition coefficient (Wildman–Crippen LogP) is 1.53. The molecular formula is C9H15N. The lowest BCUT2D eigenvalue weighted by molar-refractivity contribution is 0.541. The van der Waals surface area contributed by atoms with Crippen LogP contribution in [0.25, 0.3) is 0 Å². The van der Waals surface area contributed by atoms with Gasteiger partial charge in [-0.25, -0.2) is 0 Å². The molecule has 1 aliphatic rings. The lowest BCUT2D eigenvalue weighted by Crippen LogP contribution is -2.19. The molecule has 0 aromatic heterocycles. The summed E-state index contributed by atoms with van der Waals surface area (Å²) in [5.74, 6) is 3.55. The lowest BCUT2D eigenvalue weighted by Gasteiger charge is -2.06. The van der Waals surface area contributed by atoms with E-state index in [0.717, 1.165) is 18.8 Å². The summed E-state index contributed by atoms with van der Waals surface area (Å²) in [5, 5.41) is 0. The Balaban J connectivity index is 1.97. The highest BCUT2D eigenvalue weighted by Crippen LogP contribution is 2.33. The Hall–Kier alpha value is -0.480. The lowest BCUT2D eigenvalue weighted by atomic mass is 10.1. The average Bonchev–Trinajstić information content (AvgIpc) is 2.67. The van der Waals surface area contributed by atoms with Crippen molar-refractivity contribution in [2.45, 2.75) is 38.1 Å². The topological polar surface area (TPSA) is 26.0 Å². The van der Waals surface area contributed by atoms with Gasteiger partial charge < -0.3 is 5.73 Å². The fourth-order valence-electron chi connectivity index (χ4n) is 1.17.